The van der Waals surface area contributed by atoms with Gasteiger partial charge in [-0.05, 0) is 31.0 Å². The standard InChI is InChI=1S/C10H16Cl3NS/c11-10(12,13)7-5-3-1-2-4-6-8-15-9-14/h1-8H2. The average Bonchev–Trinajstić information content (AvgIpc) is 2.14. The van der Waals surface area contributed by atoms with E-state index in [9.17, 15) is 0 Å². The number of thioether (sulfide) groups is 1. The second kappa shape index (κ2) is 9.90. The zero-order chi connectivity index (χ0) is 11.6. The molecule has 0 aliphatic heterocycles. The lowest BCUT2D eigenvalue weighted by molar-refractivity contribution is 0.594. The van der Waals surface area contributed by atoms with Gasteiger partial charge < -0.3 is 0 Å². The summed E-state index contributed by atoms with van der Waals surface area (Å²) in [6.45, 7) is 0. The third kappa shape index (κ3) is 14.7. The molecule has 0 heterocycles. The molecular formula is C10H16Cl3NS. The molecular weight excluding hydrogens is 273 g/mol. The molecule has 0 aliphatic rings. The fourth-order valence-corrected chi connectivity index (χ4v) is 2.09. The molecule has 0 saturated carbocycles. The van der Waals surface area contributed by atoms with E-state index >= 15 is 0 Å². The molecule has 0 N–H and O–H groups in total. The number of halogens is 3. The largest absolute Gasteiger partial charge is 0.190 e. The highest BCUT2D eigenvalue weighted by Crippen LogP contribution is 2.32. The number of rotatable bonds is 8. The van der Waals surface area contributed by atoms with E-state index in [1.165, 1.54) is 31.0 Å². The molecule has 0 aromatic heterocycles. The van der Waals surface area contributed by atoms with Crippen LogP contribution in [-0.2, 0) is 0 Å². The summed E-state index contributed by atoms with van der Waals surface area (Å²) in [5, 5.41) is 10.4. The molecule has 88 valence electrons. The maximum absolute atomic E-state index is 8.29. The first-order valence-electron chi connectivity index (χ1n) is 5.14. The zero-order valence-corrected chi connectivity index (χ0v) is 11.7. The molecule has 0 atom stereocenters. The molecule has 5 heteroatoms. The van der Waals surface area contributed by atoms with E-state index in [1.807, 2.05) is 0 Å². The van der Waals surface area contributed by atoms with Gasteiger partial charge in [-0.15, -0.1) is 0 Å². The van der Waals surface area contributed by atoms with E-state index in [-0.39, 0.29) is 0 Å². The molecule has 0 bridgehead atoms. The van der Waals surface area contributed by atoms with Crippen molar-refractivity contribution in [1.82, 2.24) is 0 Å². The van der Waals surface area contributed by atoms with E-state index < -0.39 is 3.79 Å². The summed E-state index contributed by atoms with van der Waals surface area (Å²) in [6.07, 6.45) is 7.47. The number of hydrogen-bond acceptors (Lipinski definition) is 2. The normalized spacial score (nSPS) is 11.3. The van der Waals surface area contributed by atoms with Crippen molar-refractivity contribution in [3.63, 3.8) is 0 Å². The van der Waals surface area contributed by atoms with Crippen molar-refractivity contribution in [3.05, 3.63) is 0 Å². The van der Waals surface area contributed by atoms with Gasteiger partial charge in [-0.25, -0.2) is 0 Å². The first-order chi connectivity index (χ1) is 7.06. The Morgan fingerprint density at radius 3 is 2.00 bits per heavy atom. The minimum absolute atomic E-state index is 0.641. The van der Waals surface area contributed by atoms with Gasteiger partial charge >= 0.3 is 0 Å². The first-order valence-corrected chi connectivity index (χ1v) is 7.26. The Balaban J connectivity index is 3.03. The molecule has 0 spiro atoms. The Bertz CT molecular complexity index is 186. The second-order valence-electron chi connectivity index (χ2n) is 3.43. The maximum Gasteiger partial charge on any atom is 0.190 e. The van der Waals surface area contributed by atoms with Crippen molar-refractivity contribution in [3.8, 4) is 5.40 Å². The highest BCUT2D eigenvalue weighted by Gasteiger charge is 2.17. The number of nitriles is 1. The van der Waals surface area contributed by atoms with Gasteiger partial charge in [-0.3, -0.25) is 0 Å². The van der Waals surface area contributed by atoms with Gasteiger partial charge in [-0.2, -0.15) is 5.26 Å². The van der Waals surface area contributed by atoms with Crippen LogP contribution in [0.5, 0.6) is 0 Å². The van der Waals surface area contributed by atoms with Crippen LogP contribution >= 0.6 is 46.6 Å². The topological polar surface area (TPSA) is 23.8 Å². The van der Waals surface area contributed by atoms with Crippen molar-refractivity contribution in [1.29, 1.82) is 5.26 Å². The predicted molar refractivity (Wildman–Crippen MR) is 70.7 cm³/mol. The highest BCUT2D eigenvalue weighted by atomic mass is 35.6. The van der Waals surface area contributed by atoms with Crippen molar-refractivity contribution < 1.29 is 0 Å². The molecule has 0 aliphatic carbocycles. The minimum Gasteiger partial charge on any atom is -0.185 e. The van der Waals surface area contributed by atoms with Crippen LogP contribution in [0.15, 0.2) is 0 Å². The van der Waals surface area contributed by atoms with Crippen molar-refractivity contribution >= 4 is 46.6 Å². The molecule has 0 saturated heterocycles. The Labute approximate surface area is 111 Å². The van der Waals surface area contributed by atoms with E-state index in [4.69, 9.17) is 40.1 Å². The van der Waals surface area contributed by atoms with Crippen LogP contribution < -0.4 is 0 Å². The third-order valence-corrected chi connectivity index (χ3v) is 3.21. The molecule has 15 heavy (non-hydrogen) atoms. The van der Waals surface area contributed by atoms with Gasteiger partial charge in [0, 0.05) is 5.75 Å². The number of unbranched alkanes of at least 4 members (excludes halogenated alkanes) is 5. The van der Waals surface area contributed by atoms with Crippen LogP contribution in [-0.4, -0.2) is 9.55 Å². The number of alkyl halides is 3. The van der Waals surface area contributed by atoms with Crippen LogP contribution in [0.2, 0.25) is 0 Å². The zero-order valence-electron chi connectivity index (χ0n) is 8.65. The third-order valence-electron chi connectivity index (χ3n) is 2.02. The van der Waals surface area contributed by atoms with Gasteiger partial charge in [0.15, 0.2) is 3.79 Å². The Morgan fingerprint density at radius 1 is 0.933 bits per heavy atom. The lowest BCUT2D eigenvalue weighted by Gasteiger charge is -2.09. The summed E-state index contributed by atoms with van der Waals surface area (Å²) in [5.74, 6) is 0.949. The number of nitrogens with zero attached hydrogens (tertiary/aromatic N) is 1. The summed E-state index contributed by atoms with van der Waals surface area (Å²) < 4.78 is -1.08. The summed E-state index contributed by atoms with van der Waals surface area (Å²) >= 11 is 18.2. The van der Waals surface area contributed by atoms with E-state index in [1.54, 1.807) is 0 Å². The van der Waals surface area contributed by atoms with Gasteiger partial charge in [0.25, 0.3) is 0 Å². The van der Waals surface area contributed by atoms with E-state index in [0.29, 0.717) is 6.42 Å². The minimum atomic E-state index is -1.08. The van der Waals surface area contributed by atoms with Gasteiger partial charge in [0.2, 0.25) is 0 Å². The fraction of sp³-hybridized carbons (Fsp3) is 0.900. The molecule has 0 rings (SSSR count). The smallest absolute Gasteiger partial charge is 0.185 e. The molecule has 1 nitrogen and oxygen atoms in total. The number of hydrogen-bond donors (Lipinski definition) is 0. The summed E-state index contributed by atoms with van der Waals surface area (Å²) in [5.41, 5.74) is 0. The van der Waals surface area contributed by atoms with Crippen LogP contribution in [0.4, 0.5) is 0 Å². The quantitative estimate of drug-likeness (QED) is 0.344. The first kappa shape index (κ1) is 15.7. The maximum atomic E-state index is 8.29. The fourth-order valence-electron chi connectivity index (χ4n) is 1.25. The molecule has 0 amide bonds. The Morgan fingerprint density at radius 2 is 1.47 bits per heavy atom. The van der Waals surface area contributed by atoms with Crippen LogP contribution in [0.1, 0.15) is 44.9 Å². The lowest BCUT2D eigenvalue weighted by atomic mass is 10.1. The van der Waals surface area contributed by atoms with Gasteiger partial charge in [0.1, 0.15) is 5.40 Å². The second-order valence-corrected chi connectivity index (χ2v) is 6.82. The van der Waals surface area contributed by atoms with E-state index in [0.717, 1.165) is 25.0 Å². The van der Waals surface area contributed by atoms with Crippen molar-refractivity contribution in [2.75, 3.05) is 5.75 Å². The Hall–Kier alpha value is 0.710. The monoisotopic (exact) mass is 287 g/mol. The SMILES string of the molecule is N#CSCCCCCCCCC(Cl)(Cl)Cl. The molecule has 0 radical (unpaired) electrons. The Kier molecular flexibility index (Phi) is 10.4. The van der Waals surface area contributed by atoms with E-state index in [2.05, 4.69) is 5.40 Å². The molecule has 0 aromatic rings. The summed E-state index contributed by atoms with van der Waals surface area (Å²) in [7, 11) is 0. The number of thiocyanates is 1. The van der Waals surface area contributed by atoms with Crippen LogP contribution in [0.3, 0.4) is 0 Å². The average molecular weight is 289 g/mol. The molecule has 0 unspecified atom stereocenters. The molecule has 0 aromatic carbocycles. The predicted octanol–water partition coefficient (Wildman–Crippen LogP) is 5.30. The molecule has 0 fully saturated rings. The van der Waals surface area contributed by atoms with Crippen molar-refractivity contribution in [2.45, 2.75) is 48.7 Å². The summed E-state index contributed by atoms with van der Waals surface area (Å²) in [6, 6.07) is 0. The highest BCUT2D eigenvalue weighted by molar-refractivity contribution is 8.03. The van der Waals surface area contributed by atoms with Gasteiger partial charge in [0.05, 0.1) is 0 Å². The summed E-state index contributed by atoms with van der Waals surface area (Å²) in [4.78, 5) is 0. The van der Waals surface area contributed by atoms with Gasteiger partial charge in [-0.1, -0.05) is 60.5 Å². The van der Waals surface area contributed by atoms with Crippen LogP contribution in [0, 0.1) is 10.7 Å². The van der Waals surface area contributed by atoms with Crippen LogP contribution in [0.25, 0.3) is 0 Å². The van der Waals surface area contributed by atoms with Crippen molar-refractivity contribution in [2.24, 2.45) is 0 Å². The lowest BCUT2D eigenvalue weighted by Crippen LogP contribution is -2.00.